The Bertz CT molecular complexity index is 1800. The minimum absolute atomic E-state index is 0.119. The molecule has 2 aromatic heterocycles. The molecule has 1 saturated heterocycles. The monoisotopic (exact) mass is 594 g/mol. The molecule has 3 heterocycles. The summed E-state index contributed by atoms with van der Waals surface area (Å²) >= 11 is 0. The van der Waals surface area contributed by atoms with E-state index in [9.17, 15) is 24.3 Å². The van der Waals surface area contributed by atoms with Gasteiger partial charge in [0.05, 0.1) is 5.52 Å². The molecule has 11 heteroatoms. The van der Waals surface area contributed by atoms with E-state index in [0.717, 1.165) is 28.7 Å². The van der Waals surface area contributed by atoms with E-state index in [1.165, 1.54) is 6.92 Å². The summed E-state index contributed by atoms with van der Waals surface area (Å²) in [6, 6.07) is 10.9. The van der Waals surface area contributed by atoms with E-state index < -0.39 is 24.0 Å². The van der Waals surface area contributed by atoms with Crippen molar-refractivity contribution in [3.63, 3.8) is 0 Å². The molecule has 2 amide bonds. The third kappa shape index (κ3) is 5.34. The molecule has 2 N–H and O–H groups in total. The van der Waals surface area contributed by atoms with E-state index in [4.69, 9.17) is 0 Å². The lowest BCUT2D eigenvalue weighted by Crippen LogP contribution is -2.53. The Kier molecular flexibility index (Phi) is 7.27. The maximum Gasteiger partial charge on any atom is 0.326 e. The number of fused-ring (bicyclic) bond motifs is 2. The Morgan fingerprint density at radius 2 is 1.75 bits per heavy atom. The van der Waals surface area contributed by atoms with E-state index in [1.54, 1.807) is 28.9 Å². The van der Waals surface area contributed by atoms with Crippen LogP contribution in [0.4, 0.5) is 0 Å². The summed E-state index contributed by atoms with van der Waals surface area (Å²) in [5.41, 5.74) is 3.95. The largest absolute Gasteiger partial charge is 0.480 e. The third-order valence-electron chi connectivity index (χ3n) is 8.89. The molecule has 44 heavy (non-hydrogen) atoms. The van der Waals surface area contributed by atoms with Gasteiger partial charge >= 0.3 is 5.97 Å². The maximum absolute atomic E-state index is 13.9. The molecule has 1 unspecified atom stereocenters. The number of rotatable bonds is 9. The molecule has 0 radical (unpaired) electrons. The van der Waals surface area contributed by atoms with E-state index >= 15 is 0 Å². The predicted octanol–water partition coefficient (Wildman–Crippen LogP) is 3.50. The Morgan fingerprint density at radius 1 is 1.05 bits per heavy atom. The van der Waals surface area contributed by atoms with Gasteiger partial charge < -0.3 is 15.3 Å². The number of aliphatic carboxylic acids is 1. The summed E-state index contributed by atoms with van der Waals surface area (Å²) in [7, 11) is 0. The average Bonchev–Trinajstić information content (AvgIpc) is 3.33. The van der Waals surface area contributed by atoms with Gasteiger partial charge in [0, 0.05) is 42.7 Å². The lowest BCUT2D eigenvalue weighted by molar-refractivity contribution is -0.144. The molecular formula is C33H34N6O5. The van der Waals surface area contributed by atoms with Crippen molar-refractivity contribution in [2.24, 2.45) is 5.41 Å². The van der Waals surface area contributed by atoms with Gasteiger partial charge in [-0.3, -0.25) is 19.1 Å². The highest BCUT2D eigenvalue weighted by molar-refractivity contribution is 6.07. The molecule has 0 spiro atoms. The molecule has 2 aliphatic rings. The van der Waals surface area contributed by atoms with Crippen molar-refractivity contribution in [2.75, 3.05) is 0 Å². The Morgan fingerprint density at radius 3 is 2.41 bits per heavy atom. The summed E-state index contributed by atoms with van der Waals surface area (Å²) < 4.78 is 1.54. The van der Waals surface area contributed by atoms with E-state index in [-0.39, 0.29) is 41.8 Å². The number of Topliss-reactive ketones (excluding diaryl/α,β-unsaturated/α-hetero) is 1. The van der Waals surface area contributed by atoms with Crippen LogP contribution in [-0.4, -0.2) is 71.4 Å². The summed E-state index contributed by atoms with van der Waals surface area (Å²) in [6.45, 7) is 7.02. The normalized spacial score (nSPS) is 21.1. The zero-order valence-electron chi connectivity index (χ0n) is 25.1. The molecular weight excluding hydrogens is 560 g/mol. The first-order valence-electron chi connectivity index (χ1n) is 14.6. The van der Waals surface area contributed by atoms with Crippen molar-refractivity contribution >= 4 is 34.5 Å². The quantitative estimate of drug-likeness (QED) is 0.280. The van der Waals surface area contributed by atoms with Gasteiger partial charge in [-0.25, -0.2) is 14.8 Å². The topological polar surface area (TPSA) is 147 Å². The molecule has 2 fully saturated rings. The van der Waals surface area contributed by atoms with Gasteiger partial charge in [-0.2, -0.15) is 5.10 Å². The first-order chi connectivity index (χ1) is 20.9. The number of carboxylic acid groups (broad SMARTS) is 1. The van der Waals surface area contributed by atoms with Gasteiger partial charge in [0.2, 0.25) is 11.8 Å². The van der Waals surface area contributed by atoms with Crippen LogP contribution in [0.2, 0.25) is 0 Å². The summed E-state index contributed by atoms with van der Waals surface area (Å²) in [4.78, 5) is 62.3. The Labute approximate surface area is 254 Å². The number of nitrogens with zero attached hydrogens (tertiary/aromatic N) is 5. The zero-order chi connectivity index (χ0) is 31.3. The molecule has 1 aliphatic heterocycles. The van der Waals surface area contributed by atoms with E-state index in [2.05, 4.69) is 20.4 Å². The minimum Gasteiger partial charge on any atom is -0.480 e. The van der Waals surface area contributed by atoms with E-state index in [0.29, 0.717) is 23.1 Å². The van der Waals surface area contributed by atoms with Crippen LogP contribution < -0.4 is 5.32 Å². The van der Waals surface area contributed by atoms with Crippen LogP contribution in [0.25, 0.3) is 22.0 Å². The number of carbonyl (C=O) groups is 4. The third-order valence-corrected chi connectivity index (χ3v) is 8.89. The first-order valence-corrected chi connectivity index (χ1v) is 14.6. The summed E-state index contributed by atoms with van der Waals surface area (Å²) in [6.07, 6.45) is 4.81. The number of amides is 2. The second kappa shape index (κ2) is 11.0. The highest BCUT2D eigenvalue weighted by Gasteiger charge is 2.64. The molecule has 4 aromatic rings. The minimum atomic E-state index is -1.14. The van der Waals surface area contributed by atoms with Crippen LogP contribution in [0.5, 0.6) is 0 Å². The lowest BCUT2D eigenvalue weighted by atomic mass is 10.0. The van der Waals surface area contributed by atoms with Gasteiger partial charge in [-0.05, 0) is 60.9 Å². The summed E-state index contributed by atoms with van der Waals surface area (Å²) in [5.74, 6) is -1.50. The fourth-order valence-electron chi connectivity index (χ4n) is 6.50. The van der Waals surface area contributed by atoms with Gasteiger partial charge in [-0.15, -0.1) is 0 Å². The number of carboxylic acids is 1. The number of aromatic nitrogens is 4. The van der Waals surface area contributed by atoms with Crippen molar-refractivity contribution in [1.29, 1.82) is 0 Å². The van der Waals surface area contributed by atoms with Crippen molar-refractivity contribution in [2.45, 2.75) is 71.6 Å². The lowest BCUT2D eigenvalue weighted by Gasteiger charge is -2.28. The van der Waals surface area contributed by atoms with Crippen molar-refractivity contribution in [3.8, 4) is 11.1 Å². The number of nitrogens with one attached hydrogen (secondary N) is 1. The number of hydrogen-bond donors (Lipinski definition) is 2. The van der Waals surface area contributed by atoms with Crippen LogP contribution in [-0.2, 0) is 27.3 Å². The zero-order valence-corrected chi connectivity index (χ0v) is 25.1. The molecule has 226 valence electrons. The fourth-order valence-corrected chi connectivity index (χ4v) is 6.50. The fraction of sp³-hybridized carbons (Fsp3) is 0.364. The first kappa shape index (κ1) is 29.2. The van der Waals surface area contributed by atoms with E-state index in [1.807, 2.05) is 56.3 Å². The van der Waals surface area contributed by atoms with Crippen LogP contribution >= 0.6 is 0 Å². The molecule has 1 saturated carbocycles. The van der Waals surface area contributed by atoms with Gasteiger partial charge in [0.25, 0.3) is 0 Å². The number of ketones is 1. The van der Waals surface area contributed by atoms with Crippen LogP contribution in [0, 0.1) is 19.3 Å². The maximum atomic E-state index is 13.9. The number of benzene rings is 2. The molecule has 0 bridgehead atoms. The van der Waals surface area contributed by atoms with Crippen molar-refractivity contribution in [3.05, 3.63) is 77.5 Å². The average molecular weight is 595 g/mol. The van der Waals surface area contributed by atoms with Crippen LogP contribution in [0.3, 0.4) is 0 Å². The molecule has 4 atom stereocenters. The standard InChI is InChI=1S/C33H34N6O5/c1-18-10-22(23-15-34-20(3)35-16-23)12-24-29(19(2)40)37-38(30(18)24)17-28(41)39-26(13-33(4)14-27(33)39)31(42)36-25(32(43)44)11-21-8-6-5-7-9-21/h5-10,12,15-16,25-27H,11,13-14,17H2,1-4H3,(H,36,42)(H,43,44)/t25-,26-,27?,33-/m0/s1. The number of carbonyl (C=O) groups excluding carboxylic acids is 3. The SMILES string of the molecule is CC(=O)c1nn(CC(=O)N2C3C[C@]3(C)C[C@H]2C(=O)N[C@@H](Cc2ccccc2)C(=O)O)c2c(C)cc(-c3cnc(C)nc3)cc12. The predicted molar refractivity (Wildman–Crippen MR) is 162 cm³/mol. The number of hydrogen-bond acceptors (Lipinski definition) is 7. The van der Waals surface area contributed by atoms with Crippen molar-refractivity contribution in [1.82, 2.24) is 30.0 Å². The Hall–Kier alpha value is -4.93. The number of likely N-dealkylation sites (tertiary alicyclic amines) is 1. The number of piperidine rings is 1. The molecule has 1 aliphatic carbocycles. The summed E-state index contributed by atoms with van der Waals surface area (Å²) in [5, 5.41) is 17.7. The highest BCUT2D eigenvalue weighted by atomic mass is 16.4. The van der Waals surface area contributed by atoms with Gasteiger partial charge in [-0.1, -0.05) is 37.3 Å². The molecule has 11 nitrogen and oxygen atoms in total. The molecule has 2 aromatic carbocycles. The smallest absolute Gasteiger partial charge is 0.326 e. The molecule has 6 rings (SSSR count). The van der Waals surface area contributed by atoms with Crippen LogP contribution in [0.15, 0.2) is 54.9 Å². The van der Waals surface area contributed by atoms with Gasteiger partial charge in [0.15, 0.2) is 5.78 Å². The second-order valence-electron chi connectivity index (χ2n) is 12.3. The second-order valence-corrected chi connectivity index (χ2v) is 12.3. The van der Waals surface area contributed by atoms with Crippen LogP contribution in [0.1, 0.15) is 54.1 Å². The Balaban J connectivity index is 1.27. The number of aryl methyl sites for hydroxylation is 2. The van der Waals surface area contributed by atoms with Crippen molar-refractivity contribution < 1.29 is 24.3 Å². The highest BCUT2D eigenvalue weighted by Crippen LogP contribution is 2.59. The van der Waals surface area contributed by atoms with Gasteiger partial charge in [0.1, 0.15) is 30.1 Å².